The fourth-order valence-corrected chi connectivity index (χ4v) is 2.74. The lowest BCUT2D eigenvalue weighted by molar-refractivity contribution is -0.690. The van der Waals surface area contributed by atoms with Gasteiger partial charge in [0.1, 0.15) is 18.6 Å². The summed E-state index contributed by atoms with van der Waals surface area (Å²) in [5.74, 6) is 1.11. The molecule has 0 N–H and O–H groups in total. The molecule has 20 heavy (non-hydrogen) atoms. The molecule has 0 amide bonds. The van der Waals surface area contributed by atoms with Crippen molar-refractivity contribution in [3.05, 3.63) is 42.1 Å². The molecule has 3 nitrogen and oxygen atoms in total. The molecule has 2 aromatic rings. The molecule has 3 rings (SSSR count). The molecule has 1 aliphatic heterocycles. The summed E-state index contributed by atoms with van der Waals surface area (Å²) in [6.45, 7) is 2.98. The van der Waals surface area contributed by atoms with Crippen LogP contribution >= 0.6 is 0 Å². The number of carbonyl (C=O) groups excluding carboxylic acids is 1. The van der Waals surface area contributed by atoms with Gasteiger partial charge in [0, 0.05) is 5.56 Å². The smallest absolute Gasteiger partial charge is 0.257 e. The SMILES string of the molecule is CC(=O)C[n+]1cc(-c2ccc(F)cc2)n2c1CCC2.[Cl-]. The molecule has 0 bridgehead atoms. The van der Waals surface area contributed by atoms with Crippen molar-refractivity contribution in [1.82, 2.24) is 4.57 Å². The molecular weight excluding hydrogens is 279 g/mol. The van der Waals surface area contributed by atoms with Crippen LogP contribution in [0.3, 0.4) is 0 Å². The van der Waals surface area contributed by atoms with Crippen LogP contribution < -0.4 is 17.0 Å². The Morgan fingerprint density at radius 2 is 2.05 bits per heavy atom. The monoisotopic (exact) mass is 294 g/mol. The first-order chi connectivity index (χ1) is 9.15. The second-order valence-corrected chi connectivity index (χ2v) is 5.02. The minimum Gasteiger partial charge on any atom is -1.00 e. The Kier molecular flexibility index (Phi) is 4.23. The summed E-state index contributed by atoms with van der Waals surface area (Å²) in [6.07, 6.45) is 4.10. The topological polar surface area (TPSA) is 25.9 Å². The third-order valence-corrected chi connectivity index (χ3v) is 3.53. The average Bonchev–Trinajstić information content (AvgIpc) is 2.94. The first-order valence-corrected chi connectivity index (χ1v) is 6.52. The standard InChI is InChI=1S/C15H16FN2O.ClH/c1-11(19)9-17-10-14(18-8-2-3-15(17)18)12-4-6-13(16)7-5-12;/h4-7,10H,2-3,8-9H2,1H3;1H/q+1;/p-1. The van der Waals surface area contributed by atoms with Crippen LogP contribution in [0.4, 0.5) is 4.39 Å². The summed E-state index contributed by atoms with van der Waals surface area (Å²) in [6, 6.07) is 6.52. The molecule has 1 aromatic heterocycles. The Bertz CT molecular complexity index is 634. The minimum absolute atomic E-state index is 0. The van der Waals surface area contributed by atoms with Crippen molar-refractivity contribution in [1.29, 1.82) is 0 Å². The number of imidazole rings is 1. The van der Waals surface area contributed by atoms with Gasteiger partial charge in [-0.25, -0.2) is 13.5 Å². The van der Waals surface area contributed by atoms with E-state index in [1.807, 2.05) is 10.8 Å². The van der Waals surface area contributed by atoms with Gasteiger partial charge in [-0.15, -0.1) is 0 Å². The molecule has 0 saturated heterocycles. The zero-order chi connectivity index (χ0) is 13.4. The number of benzene rings is 1. The van der Waals surface area contributed by atoms with Crippen LogP contribution in [0.15, 0.2) is 30.5 Å². The zero-order valence-electron chi connectivity index (χ0n) is 11.3. The highest BCUT2D eigenvalue weighted by Gasteiger charge is 2.28. The summed E-state index contributed by atoms with van der Waals surface area (Å²) in [5, 5.41) is 0. The normalized spacial score (nSPS) is 12.9. The van der Waals surface area contributed by atoms with Crippen LogP contribution in [-0.4, -0.2) is 10.4 Å². The highest BCUT2D eigenvalue weighted by atomic mass is 35.5. The number of halogens is 2. The molecule has 0 radical (unpaired) electrons. The van der Waals surface area contributed by atoms with Crippen molar-refractivity contribution in [3.8, 4) is 11.3 Å². The fraction of sp³-hybridized carbons (Fsp3) is 0.333. The number of hydrogen-bond donors (Lipinski definition) is 0. The quantitative estimate of drug-likeness (QED) is 0.675. The predicted molar refractivity (Wildman–Crippen MR) is 69.0 cm³/mol. The lowest BCUT2D eigenvalue weighted by atomic mass is 10.1. The third kappa shape index (κ3) is 2.61. The first kappa shape index (κ1) is 14.7. The molecule has 0 saturated carbocycles. The maximum atomic E-state index is 13.0. The second kappa shape index (κ2) is 5.75. The molecule has 1 aliphatic rings. The van der Waals surface area contributed by atoms with Crippen LogP contribution in [0.2, 0.25) is 0 Å². The van der Waals surface area contributed by atoms with Gasteiger partial charge in [0.2, 0.25) is 0 Å². The molecule has 106 valence electrons. The van der Waals surface area contributed by atoms with Crippen molar-refractivity contribution in [2.75, 3.05) is 0 Å². The summed E-state index contributed by atoms with van der Waals surface area (Å²) in [5.41, 5.74) is 2.06. The number of hydrogen-bond acceptors (Lipinski definition) is 1. The van der Waals surface area contributed by atoms with Gasteiger partial charge in [0.25, 0.3) is 5.82 Å². The fourth-order valence-electron chi connectivity index (χ4n) is 2.74. The van der Waals surface area contributed by atoms with Crippen LogP contribution in [0, 0.1) is 5.82 Å². The zero-order valence-corrected chi connectivity index (χ0v) is 12.0. The van der Waals surface area contributed by atoms with Crippen LogP contribution in [0.25, 0.3) is 11.3 Å². The van der Waals surface area contributed by atoms with Crippen molar-refractivity contribution in [2.24, 2.45) is 0 Å². The number of ketones is 1. The average molecular weight is 295 g/mol. The van der Waals surface area contributed by atoms with Gasteiger partial charge < -0.3 is 12.4 Å². The van der Waals surface area contributed by atoms with E-state index in [9.17, 15) is 9.18 Å². The Labute approximate surface area is 123 Å². The number of nitrogens with zero attached hydrogens (tertiary/aromatic N) is 2. The maximum Gasteiger partial charge on any atom is 0.257 e. The van der Waals surface area contributed by atoms with E-state index in [4.69, 9.17) is 0 Å². The number of rotatable bonds is 3. The van der Waals surface area contributed by atoms with E-state index < -0.39 is 0 Å². The van der Waals surface area contributed by atoms with E-state index >= 15 is 0 Å². The molecule has 0 fully saturated rings. The summed E-state index contributed by atoms with van der Waals surface area (Å²) in [7, 11) is 0. The van der Waals surface area contributed by atoms with Gasteiger partial charge in [-0.1, -0.05) is 0 Å². The molecule has 2 heterocycles. The molecule has 0 spiro atoms. The molecule has 0 unspecified atom stereocenters. The van der Waals surface area contributed by atoms with E-state index in [0.29, 0.717) is 6.54 Å². The Morgan fingerprint density at radius 1 is 1.35 bits per heavy atom. The van der Waals surface area contributed by atoms with E-state index in [2.05, 4.69) is 4.57 Å². The third-order valence-electron chi connectivity index (χ3n) is 3.53. The highest BCUT2D eigenvalue weighted by Crippen LogP contribution is 2.24. The molecule has 5 heteroatoms. The number of fused-ring (bicyclic) bond motifs is 1. The molecular formula is C15H16ClFN2O. The van der Waals surface area contributed by atoms with E-state index in [1.54, 1.807) is 19.1 Å². The van der Waals surface area contributed by atoms with Gasteiger partial charge in [0.05, 0.1) is 13.0 Å². The van der Waals surface area contributed by atoms with Gasteiger partial charge in [-0.3, -0.25) is 4.79 Å². The largest absolute Gasteiger partial charge is 1.00 e. The van der Waals surface area contributed by atoms with Gasteiger partial charge in [-0.2, -0.15) is 0 Å². The number of carbonyl (C=O) groups is 1. The van der Waals surface area contributed by atoms with E-state index in [1.165, 1.54) is 18.0 Å². The van der Waals surface area contributed by atoms with Crippen molar-refractivity contribution < 1.29 is 26.2 Å². The highest BCUT2D eigenvalue weighted by molar-refractivity contribution is 5.74. The molecule has 0 aliphatic carbocycles. The Hall–Kier alpha value is -1.68. The van der Waals surface area contributed by atoms with Gasteiger partial charge in [-0.05, 0) is 37.6 Å². The van der Waals surface area contributed by atoms with E-state index in [-0.39, 0.29) is 24.0 Å². The van der Waals surface area contributed by atoms with Crippen LogP contribution in [0.1, 0.15) is 19.2 Å². The van der Waals surface area contributed by atoms with Gasteiger partial charge >= 0.3 is 0 Å². The molecule has 0 atom stereocenters. The Balaban J connectivity index is 0.00000147. The van der Waals surface area contributed by atoms with Crippen molar-refractivity contribution in [3.63, 3.8) is 0 Å². The van der Waals surface area contributed by atoms with Gasteiger partial charge in [0.15, 0.2) is 11.5 Å². The van der Waals surface area contributed by atoms with E-state index in [0.717, 1.165) is 30.6 Å². The summed E-state index contributed by atoms with van der Waals surface area (Å²) >= 11 is 0. The summed E-state index contributed by atoms with van der Waals surface area (Å²) in [4.78, 5) is 11.3. The second-order valence-electron chi connectivity index (χ2n) is 5.02. The first-order valence-electron chi connectivity index (χ1n) is 6.52. The molecule has 1 aromatic carbocycles. The number of Topliss-reactive ketones (excluding diaryl/α,β-unsaturated/α-hetero) is 1. The predicted octanol–water partition coefficient (Wildman–Crippen LogP) is -0.879. The minimum atomic E-state index is -0.228. The summed E-state index contributed by atoms with van der Waals surface area (Å²) < 4.78 is 17.3. The lowest BCUT2D eigenvalue weighted by Crippen LogP contribution is -3.00. The number of aromatic nitrogens is 2. The van der Waals surface area contributed by atoms with Crippen molar-refractivity contribution >= 4 is 5.78 Å². The van der Waals surface area contributed by atoms with Crippen LogP contribution in [0.5, 0.6) is 0 Å². The van der Waals surface area contributed by atoms with Crippen molar-refractivity contribution in [2.45, 2.75) is 32.9 Å². The van der Waals surface area contributed by atoms with Crippen LogP contribution in [-0.2, 0) is 24.3 Å². The lowest BCUT2D eigenvalue weighted by Gasteiger charge is -1.98. The maximum absolute atomic E-state index is 13.0. The Morgan fingerprint density at radius 3 is 2.70 bits per heavy atom.